The minimum absolute atomic E-state index is 0.202. The van der Waals surface area contributed by atoms with E-state index in [0.717, 1.165) is 11.3 Å². The zero-order valence-corrected chi connectivity index (χ0v) is 17.6. The fourth-order valence-electron chi connectivity index (χ4n) is 2.98. The number of benzene rings is 3. The summed E-state index contributed by atoms with van der Waals surface area (Å²) in [5.41, 5.74) is 2.02. The predicted octanol–water partition coefficient (Wildman–Crippen LogP) is 4.41. The number of anilines is 1. The van der Waals surface area contributed by atoms with E-state index in [2.05, 4.69) is 14.9 Å². The van der Waals surface area contributed by atoms with Crippen LogP contribution in [0.5, 0.6) is 5.75 Å². The van der Waals surface area contributed by atoms with E-state index in [0.29, 0.717) is 22.0 Å². The maximum absolute atomic E-state index is 12.5. The number of aromatic amines is 1. The monoisotopic (exact) mass is 438 g/mol. The van der Waals surface area contributed by atoms with E-state index < -0.39 is 10.0 Å². The van der Waals surface area contributed by atoms with Gasteiger partial charge in [-0.3, -0.25) is 14.4 Å². The zero-order valence-electron chi connectivity index (χ0n) is 15.9. The number of H-pyrrole nitrogens is 1. The predicted molar refractivity (Wildman–Crippen MR) is 118 cm³/mol. The molecule has 2 N–H and O–H groups in total. The smallest absolute Gasteiger partial charge is 0.261 e. The highest BCUT2D eigenvalue weighted by molar-refractivity contribution is 7.92. The second-order valence-corrected chi connectivity index (χ2v) is 8.45. The molecule has 7 nitrogen and oxygen atoms in total. The number of nitrogens with zero attached hydrogens (tertiary/aromatic N) is 2. The third-order valence-electron chi connectivity index (χ3n) is 4.43. The fourth-order valence-corrected chi connectivity index (χ4v) is 4.30. The summed E-state index contributed by atoms with van der Waals surface area (Å²) in [6.45, 7) is 0. The van der Waals surface area contributed by atoms with Gasteiger partial charge < -0.3 is 4.74 Å². The Labute approximate surface area is 179 Å². The molecule has 0 atom stereocenters. The van der Waals surface area contributed by atoms with Crippen LogP contribution in [0.15, 0.2) is 83.8 Å². The van der Waals surface area contributed by atoms with Gasteiger partial charge in [0.15, 0.2) is 10.6 Å². The third-order valence-corrected chi connectivity index (χ3v) is 6.10. The summed E-state index contributed by atoms with van der Waals surface area (Å²) in [5.74, 6) is 1.30. The molecule has 0 saturated carbocycles. The largest absolute Gasteiger partial charge is 0.497 e. The third kappa shape index (κ3) is 3.98. The molecule has 0 amide bonds. The van der Waals surface area contributed by atoms with Gasteiger partial charge in [-0.05, 0) is 60.7 Å². The summed E-state index contributed by atoms with van der Waals surface area (Å²) >= 11 is 5.40. The SMILES string of the molecule is COc1cccc(-n2c(-c3ccc(NS(=O)(=O)c4ccccc4)cc3)n[nH]c2=S)c1. The molecule has 1 heterocycles. The van der Waals surface area contributed by atoms with Crippen LogP contribution in [0.1, 0.15) is 0 Å². The molecule has 4 aromatic rings. The molecule has 0 unspecified atom stereocenters. The number of aromatic nitrogens is 3. The van der Waals surface area contributed by atoms with Gasteiger partial charge in [0.1, 0.15) is 5.75 Å². The van der Waals surface area contributed by atoms with Gasteiger partial charge in [-0.1, -0.05) is 24.3 Å². The van der Waals surface area contributed by atoms with Gasteiger partial charge in [0.25, 0.3) is 10.0 Å². The molecule has 0 aliphatic rings. The Hall–Kier alpha value is -3.43. The van der Waals surface area contributed by atoms with Crippen LogP contribution in [0.4, 0.5) is 5.69 Å². The van der Waals surface area contributed by atoms with Crippen LogP contribution in [0, 0.1) is 4.77 Å². The standard InChI is InChI=1S/C21H18N4O3S2/c1-28-18-7-5-6-17(14-18)25-20(22-23-21(25)29)15-10-12-16(13-11-15)24-30(26,27)19-8-3-2-4-9-19/h2-14,24H,1H3,(H,23,29). The van der Waals surface area contributed by atoms with Crippen molar-refractivity contribution in [2.24, 2.45) is 0 Å². The van der Waals surface area contributed by atoms with Gasteiger partial charge in [-0.25, -0.2) is 8.42 Å². The van der Waals surface area contributed by atoms with Gasteiger partial charge in [-0.15, -0.1) is 0 Å². The van der Waals surface area contributed by atoms with Crippen molar-refractivity contribution in [1.82, 2.24) is 14.8 Å². The molecule has 0 bridgehead atoms. The van der Waals surface area contributed by atoms with E-state index in [1.54, 1.807) is 66.3 Å². The lowest BCUT2D eigenvalue weighted by atomic mass is 10.2. The van der Waals surface area contributed by atoms with Crippen LogP contribution in [0.3, 0.4) is 0 Å². The van der Waals surface area contributed by atoms with Crippen molar-refractivity contribution < 1.29 is 13.2 Å². The molecule has 1 aromatic heterocycles. The molecule has 0 radical (unpaired) electrons. The molecule has 0 saturated heterocycles. The minimum Gasteiger partial charge on any atom is -0.497 e. The molecule has 30 heavy (non-hydrogen) atoms. The highest BCUT2D eigenvalue weighted by Crippen LogP contribution is 2.26. The zero-order chi connectivity index (χ0) is 21.1. The minimum atomic E-state index is -3.65. The molecule has 4 rings (SSSR count). The number of hydrogen-bond acceptors (Lipinski definition) is 5. The summed E-state index contributed by atoms with van der Waals surface area (Å²) in [4.78, 5) is 0.202. The van der Waals surface area contributed by atoms with Gasteiger partial charge >= 0.3 is 0 Å². The molecule has 0 aliphatic heterocycles. The lowest BCUT2D eigenvalue weighted by Crippen LogP contribution is -2.12. The number of nitrogens with one attached hydrogen (secondary N) is 2. The van der Waals surface area contributed by atoms with Crippen LogP contribution in [0.2, 0.25) is 0 Å². The lowest BCUT2D eigenvalue weighted by Gasteiger charge is -2.10. The molecule has 3 aromatic carbocycles. The van der Waals surface area contributed by atoms with Gasteiger partial charge in [0.2, 0.25) is 0 Å². The molecular weight excluding hydrogens is 420 g/mol. The summed E-state index contributed by atoms with van der Waals surface area (Å²) in [6, 6.07) is 22.6. The van der Waals surface area contributed by atoms with Crippen LogP contribution >= 0.6 is 12.2 Å². The number of rotatable bonds is 6. The van der Waals surface area contributed by atoms with Crippen LogP contribution in [-0.2, 0) is 10.0 Å². The quantitative estimate of drug-likeness (QED) is 0.436. The number of sulfonamides is 1. The Bertz CT molecular complexity index is 1330. The molecule has 0 fully saturated rings. The summed E-state index contributed by atoms with van der Waals surface area (Å²) in [6.07, 6.45) is 0. The Kier molecular flexibility index (Phi) is 5.39. The number of hydrogen-bond donors (Lipinski definition) is 2. The Morgan fingerprint density at radius 2 is 1.73 bits per heavy atom. The highest BCUT2D eigenvalue weighted by atomic mass is 32.2. The van der Waals surface area contributed by atoms with Gasteiger partial charge in [0, 0.05) is 17.3 Å². The molecule has 0 spiro atoms. The van der Waals surface area contributed by atoms with Crippen molar-refractivity contribution in [2.75, 3.05) is 11.8 Å². The maximum atomic E-state index is 12.5. The number of methoxy groups -OCH3 is 1. The molecule has 9 heteroatoms. The molecule has 152 valence electrons. The van der Waals surface area contributed by atoms with Gasteiger partial charge in [-0.2, -0.15) is 5.10 Å². The van der Waals surface area contributed by atoms with E-state index in [4.69, 9.17) is 17.0 Å². The van der Waals surface area contributed by atoms with Gasteiger partial charge in [0.05, 0.1) is 17.7 Å². The van der Waals surface area contributed by atoms with Crippen LogP contribution < -0.4 is 9.46 Å². The van der Waals surface area contributed by atoms with Crippen molar-refractivity contribution in [2.45, 2.75) is 4.90 Å². The van der Waals surface area contributed by atoms with Crippen molar-refractivity contribution in [3.05, 3.63) is 83.6 Å². The molecular formula is C21H18N4O3S2. The van der Waals surface area contributed by atoms with Crippen LogP contribution in [0.25, 0.3) is 17.1 Å². The Morgan fingerprint density at radius 1 is 1.00 bits per heavy atom. The lowest BCUT2D eigenvalue weighted by molar-refractivity contribution is 0.414. The first-order chi connectivity index (χ1) is 14.5. The second-order valence-electron chi connectivity index (χ2n) is 6.39. The first-order valence-electron chi connectivity index (χ1n) is 8.98. The first kappa shape index (κ1) is 19.9. The Balaban J connectivity index is 1.65. The van der Waals surface area contributed by atoms with E-state index in [1.807, 2.05) is 24.3 Å². The second kappa shape index (κ2) is 8.13. The maximum Gasteiger partial charge on any atom is 0.261 e. The van der Waals surface area contributed by atoms with E-state index in [9.17, 15) is 8.42 Å². The van der Waals surface area contributed by atoms with Crippen LogP contribution in [-0.4, -0.2) is 30.3 Å². The molecule has 0 aliphatic carbocycles. The highest BCUT2D eigenvalue weighted by Gasteiger charge is 2.15. The first-order valence-corrected chi connectivity index (χ1v) is 10.9. The fraction of sp³-hybridized carbons (Fsp3) is 0.0476. The van der Waals surface area contributed by atoms with Crippen molar-refractivity contribution >= 4 is 27.9 Å². The average molecular weight is 439 g/mol. The summed E-state index contributed by atoms with van der Waals surface area (Å²) in [5, 5.41) is 7.15. The van der Waals surface area contributed by atoms with E-state index >= 15 is 0 Å². The average Bonchev–Trinajstić information content (AvgIpc) is 3.16. The summed E-state index contributed by atoms with van der Waals surface area (Å²) < 4.78 is 35.1. The topological polar surface area (TPSA) is 89.0 Å². The number of ether oxygens (including phenoxy) is 1. The Morgan fingerprint density at radius 3 is 2.43 bits per heavy atom. The van der Waals surface area contributed by atoms with E-state index in [1.165, 1.54) is 0 Å². The van der Waals surface area contributed by atoms with Crippen molar-refractivity contribution in [3.8, 4) is 22.8 Å². The summed E-state index contributed by atoms with van der Waals surface area (Å²) in [7, 11) is -2.05. The van der Waals surface area contributed by atoms with E-state index in [-0.39, 0.29) is 4.90 Å². The van der Waals surface area contributed by atoms with Crippen molar-refractivity contribution in [1.29, 1.82) is 0 Å². The normalized spacial score (nSPS) is 11.2. The van der Waals surface area contributed by atoms with Crippen molar-refractivity contribution in [3.63, 3.8) is 0 Å².